The molecule has 0 N–H and O–H groups in total. The van der Waals surface area contributed by atoms with Crippen molar-refractivity contribution in [3.63, 3.8) is 0 Å². The summed E-state index contributed by atoms with van der Waals surface area (Å²) < 4.78 is 2.34. The first-order valence-electron chi connectivity index (χ1n) is 21.1. The van der Waals surface area contributed by atoms with Crippen LogP contribution < -0.4 is 0 Å². The Hall–Kier alpha value is -8.61. The van der Waals surface area contributed by atoms with Crippen LogP contribution in [-0.4, -0.2) is 29.5 Å². The summed E-state index contributed by atoms with van der Waals surface area (Å²) in [5.74, 6) is 0.686. The second-order valence-electron chi connectivity index (χ2n) is 15.7. The Labute approximate surface area is 363 Å². The van der Waals surface area contributed by atoms with Crippen molar-refractivity contribution < 1.29 is 0 Å². The zero-order valence-corrected chi connectivity index (χ0v) is 34.0. The molecule has 0 atom stereocenters. The number of hydrogen-bond acceptors (Lipinski definition) is 5. The first-order chi connectivity index (χ1) is 31.2. The van der Waals surface area contributed by atoms with Crippen molar-refractivity contribution in [2.45, 2.75) is 0 Å². The molecule has 6 nitrogen and oxygen atoms in total. The average molecular weight is 805 g/mol. The van der Waals surface area contributed by atoms with E-state index in [0.717, 1.165) is 89.3 Å². The Balaban J connectivity index is 0.866. The fourth-order valence-electron chi connectivity index (χ4n) is 8.67. The molecule has 7 aromatic carbocycles. The number of para-hydroxylation sites is 2. The largest absolute Gasteiger partial charge is 0.309 e. The molecule has 6 heteroatoms. The molecule has 63 heavy (non-hydrogen) atoms. The standard InChI is InChI=1S/C57H36N6/c1-2-10-42(11-3-1)57-61-53(36-54(62-57)41-25-29-45(30-26-41)63-55-15-6-4-12-46(55)47-13-5-7-16-56(47)63)38-19-17-37(18-20-38)43-23-21-39-27-31-48(59-51(39)34-43)44-24-22-40-28-32-50(60-52(40)35-44)49-14-8-9-33-58-49/h1-36H. The highest BCUT2D eigenvalue weighted by molar-refractivity contribution is 6.09. The topological polar surface area (TPSA) is 69.4 Å². The van der Waals surface area contributed by atoms with Crippen molar-refractivity contribution in [1.82, 2.24) is 29.5 Å². The van der Waals surface area contributed by atoms with E-state index in [1.54, 1.807) is 6.20 Å². The van der Waals surface area contributed by atoms with E-state index in [-0.39, 0.29) is 0 Å². The Morgan fingerprint density at radius 2 is 0.825 bits per heavy atom. The van der Waals surface area contributed by atoms with E-state index in [2.05, 4.69) is 179 Å². The fraction of sp³-hybridized carbons (Fsp3) is 0. The van der Waals surface area contributed by atoms with Gasteiger partial charge in [0.1, 0.15) is 0 Å². The van der Waals surface area contributed by atoms with Crippen LogP contribution in [0.4, 0.5) is 0 Å². The highest BCUT2D eigenvalue weighted by atomic mass is 15.0. The number of pyridine rings is 3. The van der Waals surface area contributed by atoms with E-state index in [4.69, 9.17) is 19.9 Å². The summed E-state index contributed by atoms with van der Waals surface area (Å²) in [7, 11) is 0. The SMILES string of the molecule is c1ccc(-c2nc(-c3ccc(-c4ccc5ccc(-c6ccc7ccc(-c8ccccn8)nc7c6)nc5c4)cc3)cc(-c3ccc(-n4c5ccccc5c5ccccc54)cc3)n2)cc1. The third-order valence-electron chi connectivity index (χ3n) is 11.9. The minimum absolute atomic E-state index is 0.686. The van der Waals surface area contributed by atoms with Gasteiger partial charge < -0.3 is 4.57 Å². The predicted molar refractivity (Wildman–Crippen MR) is 257 cm³/mol. The summed E-state index contributed by atoms with van der Waals surface area (Å²) in [6, 6.07) is 73.9. The molecule has 0 aliphatic carbocycles. The Bertz CT molecular complexity index is 3600. The zero-order chi connectivity index (χ0) is 41.7. The zero-order valence-electron chi connectivity index (χ0n) is 34.0. The van der Waals surface area contributed by atoms with Gasteiger partial charge in [-0.25, -0.2) is 19.9 Å². The summed E-state index contributed by atoms with van der Waals surface area (Å²) in [6.45, 7) is 0. The van der Waals surface area contributed by atoms with Crippen LogP contribution in [0.5, 0.6) is 0 Å². The number of benzene rings is 7. The third kappa shape index (κ3) is 6.67. The molecule has 12 aromatic rings. The molecule has 294 valence electrons. The van der Waals surface area contributed by atoms with Gasteiger partial charge in [0.2, 0.25) is 0 Å². The maximum Gasteiger partial charge on any atom is 0.160 e. The van der Waals surface area contributed by atoms with Gasteiger partial charge >= 0.3 is 0 Å². The van der Waals surface area contributed by atoms with Crippen LogP contribution in [-0.2, 0) is 0 Å². The summed E-state index contributed by atoms with van der Waals surface area (Å²) in [5.41, 5.74) is 15.9. The Morgan fingerprint density at radius 1 is 0.302 bits per heavy atom. The number of nitrogens with zero attached hydrogens (tertiary/aromatic N) is 6. The Morgan fingerprint density at radius 3 is 1.49 bits per heavy atom. The van der Waals surface area contributed by atoms with Crippen LogP contribution in [0.1, 0.15) is 0 Å². The van der Waals surface area contributed by atoms with Crippen LogP contribution in [0.25, 0.3) is 117 Å². The summed E-state index contributed by atoms with van der Waals surface area (Å²) in [6.07, 6.45) is 1.79. The van der Waals surface area contributed by atoms with Crippen LogP contribution >= 0.6 is 0 Å². The van der Waals surface area contributed by atoms with Gasteiger partial charge in [-0.1, -0.05) is 146 Å². The van der Waals surface area contributed by atoms with Crippen molar-refractivity contribution in [2.24, 2.45) is 0 Å². The van der Waals surface area contributed by atoms with E-state index >= 15 is 0 Å². The van der Waals surface area contributed by atoms with Gasteiger partial charge in [-0.05, 0) is 77.9 Å². The summed E-state index contributed by atoms with van der Waals surface area (Å²) >= 11 is 0. The molecular weight excluding hydrogens is 769 g/mol. The van der Waals surface area contributed by atoms with Crippen molar-refractivity contribution in [1.29, 1.82) is 0 Å². The molecule has 0 spiro atoms. The number of aromatic nitrogens is 6. The number of rotatable bonds is 7. The van der Waals surface area contributed by atoms with Crippen molar-refractivity contribution in [3.8, 4) is 73.4 Å². The van der Waals surface area contributed by atoms with E-state index in [1.165, 1.54) is 21.8 Å². The molecule has 0 amide bonds. The highest BCUT2D eigenvalue weighted by Crippen LogP contribution is 2.35. The molecule has 0 aliphatic heterocycles. The molecule has 5 aromatic heterocycles. The Kier molecular flexibility index (Phi) is 8.71. The second-order valence-corrected chi connectivity index (χ2v) is 15.7. The van der Waals surface area contributed by atoms with Gasteiger partial charge in [0.25, 0.3) is 0 Å². The lowest BCUT2D eigenvalue weighted by molar-refractivity contribution is 1.17. The van der Waals surface area contributed by atoms with E-state index in [9.17, 15) is 0 Å². The average Bonchev–Trinajstić information content (AvgIpc) is 3.70. The number of hydrogen-bond donors (Lipinski definition) is 0. The van der Waals surface area contributed by atoms with E-state index in [0.29, 0.717) is 5.82 Å². The van der Waals surface area contributed by atoms with Gasteiger partial charge in [-0.2, -0.15) is 0 Å². The summed E-state index contributed by atoms with van der Waals surface area (Å²) in [5, 5.41) is 4.65. The molecule has 0 bridgehead atoms. The van der Waals surface area contributed by atoms with E-state index in [1.807, 2.05) is 42.5 Å². The lowest BCUT2D eigenvalue weighted by atomic mass is 10.00. The lowest BCUT2D eigenvalue weighted by Crippen LogP contribution is -1.97. The highest BCUT2D eigenvalue weighted by Gasteiger charge is 2.15. The smallest absolute Gasteiger partial charge is 0.160 e. The fourth-order valence-corrected chi connectivity index (χ4v) is 8.67. The predicted octanol–water partition coefficient (Wildman–Crippen LogP) is 14.1. The molecule has 12 rings (SSSR count). The van der Waals surface area contributed by atoms with Crippen LogP contribution in [0, 0.1) is 0 Å². The molecule has 0 saturated carbocycles. The van der Waals surface area contributed by atoms with Crippen LogP contribution in [0.15, 0.2) is 219 Å². The van der Waals surface area contributed by atoms with E-state index < -0.39 is 0 Å². The molecule has 0 radical (unpaired) electrons. The maximum atomic E-state index is 5.15. The molecular formula is C57H36N6. The molecule has 0 unspecified atom stereocenters. The first-order valence-corrected chi connectivity index (χ1v) is 21.1. The molecule has 5 heterocycles. The van der Waals surface area contributed by atoms with Crippen molar-refractivity contribution >= 4 is 43.6 Å². The lowest BCUT2D eigenvalue weighted by Gasteiger charge is -2.12. The first kappa shape index (κ1) is 36.3. The molecule has 0 fully saturated rings. The normalized spacial score (nSPS) is 11.5. The van der Waals surface area contributed by atoms with Crippen molar-refractivity contribution in [3.05, 3.63) is 219 Å². The van der Waals surface area contributed by atoms with Crippen LogP contribution in [0.3, 0.4) is 0 Å². The van der Waals surface area contributed by atoms with Gasteiger partial charge in [0, 0.05) is 55.7 Å². The monoisotopic (exact) mass is 804 g/mol. The minimum atomic E-state index is 0.686. The number of fused-ring (bicyclic) bond motifs is 5. The van der Waals surface area contributed by atoms with Gasteiger partial charge in [0.15, 0.2) is 5.82 Å². The van der Waals surface area contributed by atoms with Gasteiger partial charge in [-0.3, -0.25) is 4.98 Å². The van der Waals surface area contributed by atoms with Gasteiger partial charge in [0.05, 0.1) is 50.5 Å². The van der Waals surface area contributed by atoms with Crippen LogP contribution in [0.2, 0.25) is 0 Å². The molecule has 0 saturated heterocycles. The van der Waals surface area contributed by atoms with Gasteiger partial charge in [-0.15, -0.1) is 0 Å². The maximum absolute atomic E-state index is 5.15. The summed E-state index contributed by atoms with van der Waals surface area (Å²) in [4.78, 5) is 24.8. The quantitative estimate of drug-likeness (QED) is 0.160. The van der Waals surface area contributed by atoms with Crippen molar-refractivity contribution in [2.75, 3.05) is 0 Å². The second kappa shape index (κ2) is 15.1. The molecule has 0 aliphatic rings. The third-order valence-corrected chi connectivity index (χ3v) is 11.9. The minimum Gasteiger partial charge on any atom is -0.309 e.